The number of carbonyl (C=O) groups excluding carboxylic acids is 1. The van der Waals surface area contributed by atoms with Gasteiger partial charge in [-0.15, -0.1) is 0 Å². The molecule has 2 atom stereocenters. The second kappa shape index (κ2) is 14.4. The molecule has 0 unspecified atom stereocenters. The van der Waals surface area contributed by atoms with E-state index >= 15 is 0 Å². The molecule has 0 radical (unpaired) electrons. The van der Waals surface area contributed by atoms with E-state index in [1.807, 2.05) is 48.2 Å². The van der Waals surface area contributed by atoms with Crippen molar-refractivity contribution in [2.75, 3.05) is 52.3 Å². The molecule has 0 saturated carbocycles. The Morgan fingerprint density at radius 1 is 1.00 bits per heavy atom. The number of hydrogen-bond donors (Lipinski definition) is 2. The van der Waals surface area contributed by atoms with Gasteiger partial charge in [-0.3, -0.25) is 18.8 Å². The maximum atomic E-state index is 13.2. The molecule has 2 aliphatic heterocycles. The van der Waals surface area contributed by atoms with Gasteiger partial charge in [0.2, 0.25) is 5.88 Å². The van der Waals surface area contributed by atoms with Crippen molar-refractivity contribution in [3.05, 3.63) is 91.3 Å². The van der Waals surface area contributed by atoms with Gasteiger partial charge in [0.25, 0.3) is 5.56 Å². The molecule has 2 saturated heterocycles. The zero-order valence-electron chi connectivity index (χ0n) is 31.6. The van der Waals surface area contributed by atoms with Crippen molar-refractivity contribution >= 4 is 40.2 Å². The van der Waals surface area contributed by atoms with E-state index in [1.165, 1.54) is 23.5 Å². The summed E-state index contributed by atoms with van der Waals surface area (Å²) in [5.74, 6) is 0.894. The van der Waals surface area contributed by atoms with E-state index in [0.717, 1.165) is 89.1 Å². The number of ether oxygens (including phenoxy) is 2. The van der Waals surface area contributed by atoms with Crippen LogP contribution in [-0.4, -0.2) is 92.5 Å². The summed E-state index contributed by atoms with van der Waals surface area (Å²) in [6.45, 7) is 5.50. The van der Waals surface area contributed by atoms with E-state index in [9.17, 15) is 14.4 Å². The zero-order chi connectivity index (χ0) is 38.6. The maximum absolute atomic E-state index is 13.2. The molecule has 5 heterocycles. The number of anilines is 2. The van der Waals surface area contributed by atoms with Crippen LogP contribution in [0.4, 0.5) is 16.3 Å². The highest BCUT2D eigenvalue weighted by Gasteiger charge is 2.46. The SMILES string of the molecule is COCCN1CC[C@@]2(CCN([C@H]3CCc4cc(-c5cccc(-c6cccc(Nc7ncnc8c7c(=O)n(C)c(=O)n8C)c6C)c5Cl)nc(OC)c43)C2)NC1=O. The summed E-state index contributed by atoms with van der Waals surface area (Å²) in [6, 6.07) is 14.0. The fourth-order valence-corrected chi connectivity index (χ4v) is 8.90. The minimum Gasteiger partial charge on any atom is -0.481 e. The number of fused-ring (bicyclic) bond motifs is 2. The van der Waals surface area contributed by atoms with Crippen molar-refractivity contribution < 1.29 is 14.3 Å². The second-order valence-corrected chi connectivity index (χ2v) is 15.1. The maximum Gasteiger partial charge on any atom is 0.332 e. The van der Waals surface area contributed by atoms with Gasteiger partial charge in [0, 0.05) is 75.8 Å². The number of methoxy groups -OCH3 is 2. The number of hydrogen-bond acceptors (Lipinski definition) is 10. The Morgan fingerprint density at radius 2 is 1.76 bits per heavy atom. The Hall–Kier alpha value is -5.31. The number of rotatable bonds is 9. The van der Waals surface area contributed by atoms with E-state index in [4.69, 9.17) is 26.1 Å². The summed E-state index contributed by atoms with van der Waals surface area (Å²) in [7, 11) is 6.33. The van der Waals surface area contributed by atoms with Crippen LogP contribution in [0.25, 0.3) is 33.4 Å². The van der Waals surface area contributed by atoms with Crippen LogP contribution in [0.3, 0.4) is 0 Å². The van der Waals surface area contributed by atoms with Gasteiger partial charge in [-0.25, -0.2) is 24.5 Å². The number of nitrogens with one attached hydrogen (secondary N) is 2. The van der Waals surface area contributed by atoms with Gasteiger partial charge in [0.05, 0.1) is 30.0 Å². The van der Waals surface area contributed by atoms with Gasteiger partial charge >= 0.3 is 11.7 Å². The Balaban J connectivity index is 1.07. The van der Waals surface area contributed by atoms with Crippen molar-refractivity contribution in [2.24, 2.45) is 14.1 Å². The lowest BCUT2D eigenvalue weighted by molar-refractivity contribution is 0.114. The molecule has 55 heavy (non-hydrogen) atoms. The lowest BCUT2D eigenvalue weighted by atomic mass is 9.92. The molecule has 3 aliphatic rings. The molecule has 1 spiro atoms. The fourth-order valence-electron chi connectivity index (χ4n) is 8.57. The minimum absolute atomic E-state index is 0.0151. The third kappa shape index (κ3) is 6.31. The van der Waals surface area contributed by atoms with Crippen LogP contribution in [0.2, 0.25) is 5.02 Å². The molecule has 2 aromatic carbocycles. The summed E-state index contributed by atoms with van der Waals surface area (Å²) in [5.41, 5.74) is 6.20. The third-order valence-electron chi connectivity index (χ3n) is 11.6. The predicted molar refractivity (Wildman–Crippen MR) is 211 cm³/mol. The first-order valence-electron chi connectivity index (χ1n) is 18.5. The van der Waals surface area contributed by atoms with Crippen molar-refractivity contribution in [1.82, 2.24) is 39.2 Å². The van der Waals surface area contributed by atoms with E-state index in [1.54, 1.807) is 21.3 Å². The third-order valence-corrected chi connectivity index (χ3v) is 12.0. The van der Waals surface area contributed by atoms with Crippen molar-refractivity contribution in [3.8, 4) is 28.3 Å². The van der Waals surface area contributed by atoms with E-state index in [0.29, 0.717) is 29.9 Å². The van der Waals surface area contributed by atoms with Crippen LogP contribution in [0.1, 0.15) is 42.0 Å². The number of nitrogens with zero attached hydrogens (tertiary/aromatic N) is 7. The van der Waals surface area contributed by atoms with Crippen LogP contribution in [0, 0.1) is 6.92 Å². The van der Waals surface area contributed by atoms with Crippen molar-refractivity contribution in [3.63, 3.8) is 0 Å². The summed E-state index contributed by atoms with van der Waals surface area (Å²) in [5, 5.41) is 7.43. The number of likely N-dealkylation sites (tertiary alicyclic amines) is 1. The Kier molecular flexibility index (Phi) is 9.60. The minimum atomic E-state index is -0.484. The van der Waals surface area contributed by atoms with Gasteiger partial charge in [-0.1, -0.05) is 41.9 Å². The number of urea groups is 1. The molecule has 15 heteroatoms. The number of amides is 2. The van der Waals surface area contributed by atoms with Gasteiger partial charge < -0.3 is 25.0 Å². The van der Waals surface area contributed by atoms with Crippen molar-refractivity contribution in [1.29, 1.82) is 0 Å². The second-order valence-electron chi connectivity index (χ2n) is 14.7. The molecule has 2 N–H and O–H groups in total. The zero-order valence-corrected chi connectivity index (χ0v) is 32.4. The molecular formula is C40H44ClN9O5. The topological polar surface area (TPSA) is 149 Å². The highest BCUT2D eigenvalue weighted by molar-refractivity contribution is 6.36. The lowest BCUT2D eigenvalue weighted by Gasteiger charge is -2.40. The lowest BCUT2D eigenvalue weighted by Crippen LogP contribution is -2.61. The average molecular weight is 766 g/mol. The van der Waals surface area contributed by atoms with Crippen molar-refractivity contribution in [2.45, 2.75) is 44.2 Å². The summed E-state index contributed by atoms with van der Waals surface area (Å²) in [6.07, 6.45) is 4.96. The number of aromatic nitrogens is 5. The first-order valence-corrected chi connectivity index (χ1v) is 18.9. The Bertz CT molecular complexity index is 2470. The normalized spacial score (nSPS) is 19.6. The first kappa shape index (κ1) is 36.7. The van der Waals surface area contributed by atoms with E-state index < -0.39 is 11.2 Å². The number of halogens is 1. The number of benzene rings is 2. The monoisotopic (exact) mass is 765 g/mol. The van der Waals surface area contributed by atoms with Crippen LogP contribution in [-0.2, 0) is 25.3 Å². The highest BCUT2D eigenvalue weighted by Crippen LogP contribution is 2.47. The Morgan fingerprint density at radius 3 is 2.55 bits per heavy atom. The van der Waals surface area contributed by atoms with Crippen LogP contribution in [0.15, 0.2) is 58.4 Å². The van der Waals surface area contributed by atoms with Crippen LogP contribution in [0.5, 0.6) is 5.88 Å². The number of pyridine rings is 1. The summed E-state index contributed by atoms with van der Waals surface area (Å²) < 4.78 is 13.6. The molecule has 0 bridgehead atoms. The molecule has 2 fully saturated rings. The Labute approximate surface area is 323 Å². The van der Waals surface area contributed by atoms with E-state index in [2.05, 4.69) is 31.6 Å². The van der Waals surface area contributed by atoms with Gasteiger partial charge in [0.1, 0.15) is 17.5 Å². The van der Waals surface area contributed by atoms with E-state index in [-0.39, 0.29) is 28.6 Å². The average Bonchev–Trinajstić information content (AvgIpc) is 3.81. The van der Waals surface area contributed by atoms with Gasteiger partial charge in [-0.05, 0) is 61.4 Å². The molecule has 1 aliphatic carbocycles. The summed E-state index contributed by atoms with van der Waals surface area (Å²) >= 11 is 7.27. The first-order chi connectivity index (χ1) is 26.5. The largest absolute Gasteiger partial charge is 0.481 e. The smallest absolute Gasteiger partial charge is 0.332 e. The molecular weight excluding hydrogens is 722 g/mol. The van der Waals surface area contributed by atoms with Gasteiger partial charge in [0.15, 0.2) is 5.65 Å². The predicted octanol–water partition coefficient (Wildman–Crippen LogP) is 4.96. The molecule has 5 aromatic rings. The quantitative estimate of drug-likeness (QED) is 0.211. The number of aryl methyl sites for hydroxylation is 2. The number of carbonyl (C=O) groups is 1. The van der Waals surface area contributed by atoms with Crippen LogP contribution < -0.4 is 26.6 Å². The highest BCUT2D eigenvalue weighted by atomic mass is 35.5. The standard InChI is InChI=1S/C40H44ClN9O5/c1-23-25(8-7-11-28(23)44-34-32-35(43-22-42-34)47(2)39(53)48(3)37(32)51)26-9-6-10-27(33(26)41)29-20-24-12-13-30(31(24)36(45-29)55-5)50-17-15-40(21-50)14-16-49(18-19-54-4)38(52)46-40/h6-11,20,22,30H,12-19,21H2,1-5H3,(H,46,52)(H,42,43,44)/t30-,40-/m0/s1. The fraction of sp³-hybridized carbons (Fsp3) is 0.400. The molecule has 14 nitrogen and oxygen atoms in total. The molecule has 2 amide bonds. The molecule has 286 valence electrons. The molecule has 3 aromatic heterocycles. The molecule has 8 rings (SSSR count). The summed E-state index contributed by atoms with van der Waals surface area (Å²) in [4.78, 5) is 56.7. The van der Waals surface area contributed by atoms with Gasteiger partial charge in [-0.2, -0.15) is 0 Å². The van der Waals surface area contributed by atoms with Crippen LogP contribution >= 0.6 is 11.6 Å².